The van der Waals surface area contributed by atoms with Gasteiger partial charge in [-0.05, 0) is 18.1 Å². The maximum absolute atomic E-state index is 13.6. The highest BCUT2D eigenvalue weighted by Gasteiger charge is 2.52. The summed E-state index contributed by atoms with van der Waals surface area (Å²) in [6.07, 6.45) is -6.44. The molecule has 13 heteroatoms. The van der Waals surface area contributed by atoms with Gasteiger partial charge in [0, 0.05) is 20.8 Å². The first kappa shape index (κ1) is 30.4. The molecule has 2 aromatic rings. The largest absolute Gasteiger partial charge is 0.502 e. The Morgan fingerprint density at radius 1 is 0.718 bits per heavy atom. The van der Waals surface area contributed by atoms with Crippen LogP contribution in [0.2, 0.25) is 0 Å². The van der Waals surface area contributed by atoms with Crippen LogP contribution < -0.4 is 0 Å². The van der Waals surface area contributed by atoms with Crippen LogP contribution >= 0.6 is 7.82 Å². The molecular formula is C26H31O12P. The van der Waals surface area contributed by atoms with Crippen LogP contribution in [0, 0.1) is 0 Å². The minimum Gasteiger partial charge on any atom is -0.456 e. The molecule has 0 saturated carbocycles. The van der Waals surface area contributed by atoms with Crippen molar-refractivity contribution in [3.8, 4) is 0 Å². The fourth-order valence-electron chi connectivity index (χ4n) is 3.68. The van der Waals surface area contributed by atoms with Gasteiger partial charge in [-0.25, -0.2) is 4.57 Å². The number of carbonyl (C=O) groups excluding carboxylic acids is 3. The topological polar surface area (TPSA) is 142 Å². The number of hydrogen-bond donors (Lipinski definition) is 0. The van der Waals surface area contributed by atoms with E-state index < -0.39 is 56.4 Å². The van der Waals surface area contributed by atoms with Crippen molar-refractivity contribution in [1.29, 1.82) is 0 Å². The van der Waals surface area contributed by atoms with E-state index in [0.717, 1.165) is 20.8 Å². The minimum absolute atomic E-state index is 0.143. The van der Waals surface area contributed by atoms with Crippen molar-refractivity contribution in [2.45, 2.75) is 71.6 Å². The van der Waals surface area contributed by atoms with Crippen LogP contribution in [-0.4, -0.2) is 48.6 Å². The molecule has 2 aromatic carbocycles. The standard InChI is InChI=1S/C26H31O12P/c1-17-23(34-18(2)27)24(35-19(3)28)25(36-20(4)29)26(33-17)37-38-39(30,31-15-21-11-7-5-8-12-21)32-16-22-13-9-6-10-14-22/h5-14,17,23-26H,15-16H2,1-4H3/t17-,23+,24+,25-,26+/m0/s1. The molecule has 39 heavy (non-hydrogen) atoms. The quantitative estimate of drug-likeness (QED) is 0.120. The molecule has 212 valence electrons. The summed E-state index contributed by atoms with van der Waals surface area (Å²) in [5.74, 6) is -2.21. The molecule has 0 N–H and O–H groups in total. The number of carbonyl (C=O) groups is 3. The number of ether oxygens (including phenoxy) is 4. The highest BCUT2D eigenvalue weighted by Crippen LogP contribution is 2.52. The maximum atomic E-state index is 13.6. The second-order valence-electron chi connectivity index (χ2n) is 8.57. The third-order valence-corrected chi connectivity index (χ3v) is 6.49. The Kier molecular flexibility index (Phi) is 11.2. The Morgan fingerprint density at radius 3 is 1.62 bits per heavy atom. The van der Waals surface area contributed by atoms with Crippen molar-refractivity contribution < 1.29 is 56.5 Å². The first-order valence-electron chi connectivity index (χ1n) is 12.1. The van der Waals surface area contributed by atoms with Crippen molar-refractivity contribution in [3.05, 3.63) is 71.8 Å². The summed E-state index contributed by atoms with van der Waals surface area (Å²) in [4.78, 5) is 40.7. The zero-order valence-electron chi connectivity index (χ0n) is 21.9. The molecule has 1 aliphatic rings. The van der Waals surface area contributed by atoms with Crippen LogP contribution in [0.15, 0.2) is 60.7 Å². The normalized spacial score (nSPS) is 23.0. The molecule has 1 aliphatic heterocycles. The smallest absolute Gasteiger partial charge is 0.456 e. The lowest BCUT2D eigenvalue weighted by atomic mass is 9.99. The van der Waals surface area contributed by atoms with Gasteiger partial charge in [-0.15, -0.1) is 4.67 Å². The summed E-state index contributed by atoms with van der Waals surface area (Å²) in [7, 11) is -4.42. The van der Waals surface area contributed by atoms with E-state index in [2.05, 4.69) is 0 Å². The Hall–Kier alpha value is -3.12. The number of phosphoric acid groups is 1. The van der Waals surface area contributed by atoms with E-state index >= 15 is 0 Å². The van der Waals surface area contributed by atoms with Crippen LogP contribution in [0.3, 0.4) is 0 Å². The van der Waals surface area contributed by atoms with Gasteiger partial charge in [0.2, 0.25) is 6.29 Å². The molecule has 0 bridgehead atoms. The fraction of sp³-hybridized carbons (Fsp3) is 0.423. The lowest BCUT2D eigenvalue weighted by Gasteiger charge is -2.42. The van der Waals surface area contributed by atoms with E-state index in [9.17, 15) is 18.9 Å². The third-order valence-electron chi connectivity index (χ3n) is 5.33. The molecule has 5 atom stereocenters. The van der Waals surface area contributed by atoms with Crippen LogP contribution in [0.25, 0.3) is 0 Å². The Balaban J connectivity index is 1.81. The number of hydrogen-bond acceptors (Lipinski definition) is 12. The molecule has 1 heterocycles. The second-order valence-corrected chi connectivity index (χ2v) is 10.1. The van der Waals surface area contributed by atoms with Crippen LogP contribution in [0.1, 0.15) is 38.8 Å². The average molecular weight is 566 g/mol. The van der Waals surface area contributed by atoms with Crippen LogP contribution in [-0.2, 0) is 69.7 Å². The highest BCUT2D eigenvalue weighted by molar-refractivity contribution is 7.48. The van der Waals surface area contributed by atoms with Gasteiger partial charge in [-0.3, -0.25) is 23.4 Å². The van der Waals surface area contributed by atoms with Gasteiger partial charge < -0.3 is 18.9 Å². The molecule has 0 spiro atoms. The van der Waals surface area contributed by atoms with Gasteiger partial charge in [0.25, 0.3) is 0 Å². The number of rotatable bonds is 12. The number of phosphoric ester groups is 1. The van der Waals surface area contributed by atoms with Crippen LogP contribution in [0.4, 0.5) is 0 Å². The first-order valence-corrected chi connectivity index (χ1v) is 13.5. The van der Waals surface area contributed by atoms with Crippen molar-refractivity contribution in [3.63, 3.8) is 0 Å². The number of esters is 3. The fourth-order valence-corrected chi connectivity index (χ4v) is 4.64. The molecule has 0 aromatic heterocycles. The minimum atomic E-state index is -4.42. The van der Waals surface area contributed by atoms with Crippen molar-refractivity contribution >= 4 is 25.7 Å². The van der Waals surface area contributed by atoms with E-state index in [1.165, 1.54) is 6.92 Å². The first-order chi connectivity index (χ1) is 18.6. The molecule has 0 aliphatic carbocycles. The predicted octanol–water partition coefficient (Wildman–Crippen LogP) is 4.02. The van der Waals surface area contributed by atoms with Gasteiger partial charge in [-0.2, -0.15) is 4.89 Å². The average Bonchev–Trinajstić information content (AvgIpc) is 2.90. The predicted molar refractivity (Wildman–Crippen MR) is 133 cm³/mol. The van der Waals surface area contributed by atoms with Crippen molar-refractivity contribution in [1.82, 2.24) is 0 Å². The van der Waals surface area contributed by atoms with Crippen molar-refractivity contribution in [2.24, 2.45) is 0 Å². The molecule has 0 radical (unpaired) electrons. The number of benzene rings is 2. The summed E-state index contributed by atoms with van der Waals surface area (Å²) in [5.41, 5.74) is 1.37. The third kappa shape index (κ3) is 9.54. The van der Waals surface area contributed by atoms with E-state index in [1.807, 2.05) is 12.1 Å². The van der Waals surface area contributed by atoms with Gasteiger partial charge in [-0.1, -0.05) is 60.7 Å². The maximum Gasteiger partial charge on any atom is 0.502 e. The molecular weight excluding hydrogens is 535 g/mol. The van der Waals surface area contributed by atoms with E-state index in [-0.39, 0.29) is 13.2 Å². The summed E-state index contributed by atoms with van der Waals surface area (Å²) >= 11 is 0. The van der Waals surface area contributed by atoms with Gasteiger partial charge in [0.1, 0.15) is 0 Å². The summed E-state index contributed by atoms with van der Waals surface area (Å²) in [6.45, 7) is 4.63. The zero-order valence-corrected chi connectivity index (χ0v) is 22.8. The Morgan fingerprint density at radius 2 is 1.15 bits per heavy atom. The zero-order chi connectivity index (χ0) is 28.4. The Bertz CT molecular complexity index is 1090. The summed E-state index contributed by atoms with van der Waals surface area (Å²) in [6, 6.07) is 17.8. The lowest BCUT2D eigenvalue weighted by molar-refractivity contribution is -0.390. The summed E-state index contributed by atoms with van der Waals surface area (Å²) < 4.78 is 51.4. The monoisotopic (exact) mass is 566 g/mol. The molecule has 1 fully saturated rings. The van der Waals surface area contributed by atoms with Gasteiger partial charge >= 0.3 is 25.7 Å². The SMILES string of the molecule is CC(=O)O[C@H]1[C@H](OC(C)=O)[C@@H](OOP(=O)(OCc2ccccc2)OCc2ccccc2)O[C@@H](C)[C@H]1OC(C)=O. The van der Waals surface area contributed by atoms with E-state index in [0.29, 0.717) is 11.1 Å². The molecule has 12 nitrogen and oxygen atoms in total. The molecule has 0 amide bonds. The van der Waals surface area contributed by atoms with E-state index in [1.54, 1.807) is 48.5 Å². The van der Waals surface area contributed by atoms with E-state index in [4.69, 9.17) is 37.6 Å². The highest BCUT2D eigenvalue weighted by atomic mass is 31.2. The molecule has 0 unspecified atom stereocenters. The van der Waals surface area contributed by atoms with Crippen molar-refractivity contribution in [2.75, 3.05) is 0 Å². The van der Waals surface area contributed by atoms with Gasteiger partial charge in [0.15, 0.2) is 18.3 Å². The van der Waals surface area contributed by atoms with Crippen LogP contribution in [0.5, 0.6) is 0 Å². The van der Waals surface area contributed by atoms with Gasteiger partial charge in [0.05, 0.1) is 19.3 Å². The molecule has 3 rings (SSSR count). The summed E-state index contributed by atoms with van der Waals surface area (Å²) in [5, 5.41) is 0. The molecule has 1 saturated heterocycles. The second kappa shape index (κ2) is 14.3. The Labute approximate surface area is 225 Å². The lowest BCUT2D eigenvalue weighted by Crippen LogP contribution is -2.61.